The van der Waals surface area contributed by atoms with Crippen molar-refractivity contribution < 1.29 is 0 Å². The molecule has 3 rings (SSSR count). The molecular weight excluding hydrogens is 196 g/mol. The molecule has 3 fully saturated rings. The van der Waals surface area contributed by atoms with Crippen molar-refractivity contribution in [1.29, 1.82) is 0 Å². The monoisotopic (exact) mass is 222 g/mol. The van der Waals surface area contributed by atoms with Gasteiger partial charge in [0.25, 0.3) is 0 Å². The third-order valence-electron chi connectivity index (χ3n) is 4.95. The number of hydrogen-bond donors (Lipinski definition) is 1. The molecule has 1 N–H and O–H groups in total. The van der Waals surface area contributed by atoms with Gasteiger partial charge < -0.3 is 5.32 Å². The van der Waals surface area contributed by atoms with E-state index in [9.17, 15) is 0 Å². The van der Waals surface area contributed by atoms with Crippen LogP contribution in [0.4, 0.5) is 0 Å². The predicted molar refractivity (Wildman–Crippen MR) is 67.5 cm³/mol. The Morgan fingerprint density at radius 2 is 2.19 bits per heavy atom. The lowest BCUT2D eigenvalue weighted by atomic mass is 9.93. The Morgan fingerprint density at radius 3 is 2.88 bits per heavy atom. The van der Waals surface area contributed by atoms with Crippen molar-refractivity contribution in [2.24, 2.45) is 11.8 Å². The molecule has 0 aromatic heterocycles. The van der Waals surface area contributed by atoms with Crippen LogP contribution >= 0.6 is 0 Å². The molecule has 2 aliphatic carbocycles. The minimum Gasteiger partial charge on any atom is -0.309 e. The van der Waals surface area contributed by atoms with Crippen molar-refractivity contribution in [2.45, 2.75) is 57.5 Å². The first-order valence-electron chi connectivity index (χ1n) is 7.22. The minimum atomic E-state index is 0.442. The van der Waals surface area contributed by atoms with Crippen LogP contribution in [-0.2, 0) is 0 Å². The highest BCUT2D eigenvalue weighted by molar-refractivity contribution is 5.06. The summed E-state index contributed by atoms with van der Waals surface area (Å²) in [5, 5.41) is 3.78. The molecule has 2 saturated carbocycles. The van der Waals surface area contributed by atoms with E-state index in [0.717, 1.165) is 17.9 Å². The Morgan fingerprint density at radius 1 is 1.38 bits per heavy atom. The van der Waals surface area contributed by atoms with Crippen molar-refractivity contribution in [3.63, 3.8) is 0 Å². The van der Waals surface area contributed by atoms with E-state index in [0.29, 0.717) is 5.54 Å². The molecule has 1 aliphatic heterocycles. The second kappa shape index (κ2) is 3.99. The maximum atomic E-state index is 3.78. The van der Waals surface area contributed by atoms with Gasteiger partial charge in [0.2, 0.25) is 0 Å². The molecule has 3 atom stereocenters. The highest BCUT2D eigenvalue weighted by Gasteiger charge is 2.48. The molecule has 0 bridgehead atoms. The SMILES string of the molecule is CCCC1CC1N1CCNC(C)(C2CC2)C1. The van der Waals surface area contributed by atoms with Crippen molar-refractivity contribution in [1.82, 2.24) is 10.2 Å². The number of rotatable bonds is 4. The molecule has 1 heterocycles. The van der Waals surface area contributed by atoms with E-state index in [1.165, 1.54) is 51.7 Å². The summed E-state index contributed by atoms with van der Waals surface area (Å²) in [5.41, 5.74) is 0.442. The summed E-state index contributed by atoms with van der Waals surface area (Å²) < 4.78 is 0. The lowest BCUT2D eigenvalue weighted by Gasteiger charge is -2.42. The van der Waals surface area contributed by atoms with Crippen molar-refractivity contribution in [2.75, 3.05) is 19.6 Å². The summed E-state index contributed by atoms with van der Waals surface area (Å²) in [4.78, 5) is 2.79. The molecular formula is C14H26N2. The Hall–Kier alpha value is -0.0800. The fraction of sp³-hybridized carbons (Fsp3) is 1.00. The number of piperazine rings is 1. The maximum Gasteiger partial charge on any atom is 0.0309 e. The van der Waals surface area contributed by atoms with Crippen molar-refractivity contribution in [3.8, 4) is 0 Å². The average molecular weight is 222 g/mol. The van der Waals surface area contributed by atoms with Crippen LogP contribution in [0.15, 0.2) is 0 Å². The van der Waals surface area contributed by atoms with Crippen LogP contribution in [0.5, 0.6) is 0 Å². The Kier molecular flexibility index (Phi) is 2.75. The zero-order valence-electron chi connectivity index (χ0n) is 10.8. The topological polar surface area (TPSA) is 15.3 Å². The molecule has 1 saturated heterocycles. The molecule has 2 nitrogen and oxygen atoms in total. The first-order chi connectivity index (χ1) is 7.73. The molecule has 3 aliphatic rings. The van der Waals surface area contributed by atoms with Crippen LogP contribution in [0.1, 0.15) is 46.0 Å². The van der Waals surface area contributed by atoms with Crippen LogP contribution in [-0.4, -0.2) is 36.1 Å². The van der Waals surface area contributed by atoms with Gasteiger partial charge in [0, 0.05) is 31.2 Å². The van der Waals surface area contributed by atoms with Crippen LogP contribution in [0, 0.1) is 11.8 Å². The van der Waals surface area contributed by atoms with E-state index < -0.39 is 0 Å². The highest BCUT2D eigenvalue weighted by Crippen LogP contribution is 2.44. The van der Waals surface area contributed by atoms with E-state index in [4.69, 9.17) is 0 Å². The molecule has 0 amide bonds. The summed E-state index contributed by atoms with van der Waals surface area (Å²) in [5.74, 6) is 2.00. The third kappa shape index (κ3) is 2.02. The first kappa shape index (κ1) is 11.0. The quantitative estimate of drug-likeness (QED) is 0.785. The minimum absolute atomic E-state index is 0.442. The molecule has 2 heteroatoms. The van der Waals surface area contributed by atoms with Crippen LogP contribution in [0.25, 0.3) is 0 Å². The summed E-state index contributed by atoms with van der Waals surface area (Å²) in [6.07, 6.45) is 7.22. The van der Waals surface area contributed by atoms with Gasteiger partial charge in [-0.15, -0.1) is 0 Å². The van der Waals surface area contributed by atoms with Crippen LogP contribution in [0.3, 0.4) is 0 Å². The zero-order valence-corrected chi connectivity index (χ0v) is 10.8. The summed E-state index contributed by atoms with van der Waals surface area (Å²) in [6.45, 7) is 8.58. The van der Waals surface area contributed by atoms with Gasteiger partial charge in [0.15, 0.2) is 0 Å². The van der Waals surface area contributed by atoms with Gasteiger partial charge in [-0.3, -0.25) is 4.90 Å². The Balaban J connectivity index is 1.56. The number of nitrogens with zero attached hydrogens (tertiary/aromatic N) is 1. The van der Waals surface area contributed by atoms with Crippen molar-refractivity contribution in [3.05, 3.63) is 0 Å². The van der Waals surface area contributed by atoms with E-state index in [2.05, 4.69) is 24.1 Å². The summed E-state index contributed by atoms with van der Waals surface area (Å²) in [6, 6.07) is 0.945. The second-order valence-electron chi connectivity index (χ2n) is 6.44. The van der Waals surface area contributed by atoms with Gasteiger partial charge in [-0.2, -0.15) is 0 Å². The third-order valence-corrected chi connectivity index (χ3v) is 4.95. The molecule has 92 valence electrons. The molecule has 0 aromatic carbocycles. The van der Waals surface area contributed by atoms with Gasteiger partial charge in [0.1, 0.15) is 0 Å². The average Bonchev–Trinajstić information content (AvgIpc) is 3.13. The van der Waals surface area contributed by atoms with Gasteiger partial charge >= 0.3 is 0 Å². The lowest BCUT2D eigenvalue weighted by molar-refractivity contribution is 0.115. The van der Waals surface area contributed by atoms with E-state index in [1.54, 1.807) is 0 Å². The molecule has 3 unspecified atom stereocenters. The fourth-order valence-electron chi connectivity index (χ4n) is 3.68. The summed E-state index contributed by atoms with van der Waals surface area (Å²) in [7, 11) is 0. The fourth-order valence-corrected chi connectivity index (χ4v) is 3.68. The smallest absolute Gasteiger partial charge is 0.0309 e. The Labute approximate surface area is 99.8 Å². The Bertz CT molecular complexity index is 261. The standard InChI is InChI=1S/C14H26N2/c1-3-4-11-9-13(11)16-8-7-15-14(2,10-16)12-5-6-12/h11-13,15H,3-10H2,1-2H3. The molecule has 0 radical (unpaired) electrons. The van der Waals surface area contributed by atoms with E-state index in [-0.39, 0.29) is 0 Å². The molecule has 16 heavy (non-hydrogen) atoms. The van der Waals surface area contributed by atoms with Gasteiger partial charge in [0.05, 0.1) is 0 Å². The second-order valence-corrected chi connectivity index (χ2v) is 6.44. The molecule has 0 aromatic rings. The lowest BCUT2D eigenvalue weighted by Crippen LogP contribution is -2.60. The highest BCUT2D eigenvalue weighted by atomic mass is 15.3. The van der Waals surface area contributed by atoms with Crippen molar-refractivity contribution >= 4 is 0 Å². The zero-order chi connectivity index (χ0) is 11.2. The van der Waals surface area contributed by atoms with E-state index in [1.807, 2.05) is 0 Å². The normalized spacial score (nSPS) is 44.6. The first-order valence-corrected chi connectivity index (χ1v) is 7.22. The van der Waals surface area contributed by atoms with Crippen LogP contribution < -0.4 is 5.32 Å². The van der Waals surface area contributed by atoms with E-state index >= 15 is 0 Å². The predicted octanol–water partition coefficient (Wildman–Crippen LogP) is 2.25. The van der Waals surface area contributed by atoms with Crippen LogP contribution in [0.2, 0.25) is 0 Å². The van der Waals surface area contributed by atoms with Gasteiger partial charge in [-0.1, -0.05) is 13.3 Å². The van der Waals surface area contributed by atoms with Gasteiger partial charge in [-0.05, 0) is 44.4 Å². The maximum absolute atomic E-state index is 3.78. The largest absolute Gasteiger partial charge is 0.309 e. The number of nitrogens with one attached hydrogen (secondary N) is 1. The van der Waals surface area contributed by atoms with Gasteiger partial charge in [-0.25, -0.2) is 0 Å². The molecule has 0 spiro atoms. The number of hydrogen-bond acceptors (Lipinski definition) is 2. The summed E-state index contributed by atoms with van der Waals surface area (Å²) >= 11 is 0.